The number of rotatable bonds is 4. The van der Waals surface area contributed by atoms with E-state index >= 15 is 0 Å². The van der Waals surface area contributed by atoms with Crippen molar-refractivity contribution in [2.45, 2.75) is 25.8 Å². The van der Waals surface area contributed by atoms with Gasteiger partial charge < -0.3 is 14.8 Å². The summed E-state index contributed by atoms with van der Waals surface area (Å²) < 4.78 is 11.4. The number of hydrogen-bond acceptors (Lipinski definition) is 4. The summed E-state index contributed by atoms with van der Waals surface area (Å²) in [4.78, 5) is 15.2. The van der Waals surface area contributed by atoms with Gasteiger partial charge in [-0.2, -0.15) is 0 Å². The first-order chi connectivity index (χ1) is 13.3. The molecule has 0 spiro atoms. The van der Waals surface area contributed by atoms with Gasteiger partial charge in [-0.15, -0.1) is 0 Å². The maximum Gasteiger partial charge on any atom is 0.228 e. The Hall–Kier alpha value is -2.53. The molecule has 0 saturated carbocycles. The molecule has 0 radical (unpaired) electrons. The van der Waals surface area contributed by atoms with Gasteiger partial charge in [0.15, 0.2) is 11.5 Å². The van der Waals surface area contributed by atoms with Crippen molar-refractivity contribution in [3.63, 3.8) is 0 Å². The SMILES string of the molecule is O=C(Nc1ccc2c(c1)OCCCO2)C1CCCN(Cc2ccccc2)C1. The number of carbonyl (C=O) groups excluding carboxylic acids is 1. The van der Waals surface area contributed by atoms with Crippen LogP contribution in [0.1, 0.15) is 24.8 Å². The van der Waals surface area contributed by atoms with Crippen LogP contribution in [0.5, 0.6) is 11.5 Å². The summed E-state index contributed by atoms with van der Waals surface area (Å²) in [5.74, 6) is 1.55. The predicted octanol–water partition coefficient (Wildman–Crippen LogP) is 3.70. The molecule has 5 nitrogen and oxygen atoms in total. The van der Waals surface area contributed by atoms with E-state index in [4.69, 9.17) is 9.47 Å². The van der Waals surface area contributed by atoms with Crippen molar-refractivity contribution >= 4 is 11.6 Å². The number of fused-ring (bicyclic) bond motifs is 1. The number of ether oxygens (including phenoxy) is 2. The van der Waals surface area contributed by atoms with E-state index in [0.717, 1.165) is 50.3 Å². The molecule has 2 aliphatic rings. The number of nitrogens with one attached hydrogen (secondary N) is 1. The fourth-order valence-corrected chi connectivity index (χ4v) is 3.74. The Balaban J connectivity index is 1.37. The molecule has 1 saturated heterocycles. The molecule has 2 aromatic rings. The van der Waals surface area contributed by atoms with Gasteiger partial charge in [-0.1, -0.05) is 30.3 Å². The summed E-state index contributed by atoms with van der Waals surface area (Å²) in [6.07, 6.45) is 2.85. The molecule has 1 amide bonds. The summed E-state index contributed by atoms with van der Waals surface area (Å²) >= 11 is 0. The number of amides is 1. The van der Waals surface area contributed by atoms with Gasteiger partial charge in [0.25, 0.3) is 0 Å². The van der Waals surface area contributed by atoms with Crippen molar-refractivity contribution in [3.05, 3.63) is 54.1 Å². The van der Waals surface area contributed by atoms with E-state index < -0.39 is 0 Å². The minimum Gasteiger partial charge on any atom is -0.490 e. The van der Waals surface area contributed by atoms with Crippen LogP contribution in [0.4, 0.5) is 5.69 Å². The lowest BCUT2D eigenvalue weighted by atomic mass is 9.96. The average Bonchev–Trinajstić information content (AvgIpc) is 2.94. The maximum atomic E-state index is 12.8. The third-order valence-corrected chi connectivity index (χ3v) is 5.14. The first kappa shape index (κ1) is 17.9. The number of anilines is 1. The van der Waals surface area contributed by atoms with Gasteiger partial charge in [0.1, 0.15) is 0 Å². The Kier molecular flexibility index (Phi) is 5.58. The Morgan fingerprint density at radius 3 is 2.70 bits per heavy atom. The number of piperidine rings is 1. The second kappa shape index (κ2) is 8.44. The van der Waals surface area contributed by atoms with Crippen LogP contribution >= 0.6 is 0 Å². The van der Waals surface area contributed by atoms with Gasteiger partial charge in [-0.3, -0.25) is 9.69 Å². The third-order valence-electron chi connectivity index (χ3n) is 5.14. The van der Waals surface area contributed by atoms with Crippen LogP contribution in [0.3, 0.4) is 0 Å². The van der Waals surface area contributed by atoms with Crippen molar-refractivity contribution in [1.82, 2.24) is 4.90 Å². The molecule has 2 heterocycles. The zero-order chi connectivity index (χ0) is 18.5. The number of nitrogens with zero attached hydrogens (tertiary/aromatic N) is 1. The highest BCUT2D eigenvalue weighted by Crippen LogP contribution is 2.32. The molecule has 1 N–H and O–H groups in total. The van der Waals surface area contributed by atoms with E-state index in [9.17, 15) is 4.79 Å². The highest BCUT2D eigenvalue weighted by Gasteiger charge is 2.26. The highest BCUT2D eigenvalue weighted by molar-refractivity contribution is 5.93. The second-order valence-corrected chi connectivity index (χ2v) is 7.26. The zero-order valence-corrected chi connectivity index (χ0v) is 15.5. The molecule has 1 unspecified atom stereocenters. The Labute approximate surface area is 160 Å². The molecule has 0 aromatic heterocycles. The van der Waals surface area contributed by atoms with E-state index in [2.05, 4.69) is 34.5 Å². The lowest BCUT2D eigenvalue weighted by Crippen LogP contribution is -2.40. The van der Waals surface area contributed by atoms with Crippen molar-refractivity contribution in [2.75, 3.05) is 31.6 Å². The Bertz CT molecular complexity index is 778. The quantitative estimate of drug-likeness (QED) is 0.896. The minimum absolute atomic E-state index is 0.0124. The van der Waals surface area contributed by atoms with E-state index in [-0.39, 0.29) is 11.8 Å². The predicted molar refractivity (Wildman–Crippen MR) is 105 cm³/mol. The number of benzene rings is 2. The van der Waals surface area contributed by atoms with E-state index in [1.54, 1.807) is 0 Å². The van der Waals surface area contributed by atoms with Crippen LogP contribution in [0.25, 0.3) is 0 Å². The molecule has 142 valence electrons. The lowest BCUT2D eigenvalue weighted by Gasteiger charge is -2.32. The highest BCUT2D eigenvalue weighted by atomic mass is 16.5. The van der Waals surface area contributed by atoms with E-state index in [1.807, 2.05) is 24.3 Å². The minimum atomic E-state index is 0.0124. The maximum absolute atomic E-state index is 12.8. The number of likely N-dealkylation sites (tertiary alicyclic amines) is 1. The molecule has 2 aromatic carbocycles. The summed E-state index contributed by atoms with van der Waals surface area (Å²) in [7, 11) is 0. The summed E-state index contributed by atoms with van der Waals surface area (Å²) in [6, 6.07) is 16.1. The molecule has 1 fully saturated rings. The largest absolute Gasteiger partial charge is 0.490 e. The fraction of sp³-hybridized carbons (Fsp3) is 0.409. The van der Waals surface area contributed by atoms with Crippen LogP contribution in [0.15, 0.2) is 48.5 Å². The second-order valence-electron chi connectivity index (χ2n) is 7.26. The molecule has 1 atom stereocenters. The summed E-state index contributed by atoms with van der Waals surface area (Å²) in [5.41, 5.74) is 2.06. The van der Waals surface area contributed by atoms with Crippen molar-refractivity contribution in [3.8, 4) is 11.5 Å². The molecule has 0 aliphatic carbocycles. The number of carbonyl (C=O) groups is 1. The van der Waals surface area contributed by atoms with E-state index in [0.29, 0.717) is 19.0 Å². The Morgan fingerprint density at radius 1 is 1.04 bits per heavy atom. The van der Waals surface area contributed by atoms with Gasteiger partial charge >= 0.3 is 0 Å². The van der Waals surface area contributed by atoms with Crippen molar-refractivity contribution in [2.24, 2.45) is 5.92 Å². The van der Waals surface area contributed by atoms with Crippen LogP contribution in [0.2, 0.25) is 0 Å². The first-order valence-corrected chi connectivity index (χ1v) is 9.75. The monoisotopic (exact) mass is 366 g/mol. The first-order valence-electron chi connectivity index (χ1n) is 9.75. The molecule has 4 rings (SSSR count). The van der Waals surface area contributed by atoms with Gasteiger partial charge in [-0.25, -0.2) is 0 Å². The van der Waals surface area contributed by atoms with Crippen LogP contribution in [-0.2, 0) is 11.3 Å². The van der Waals surface area contributed by atoms with Crippen LogP contribution in [-0.4, -0.2) is 37.1 Å². The fourth-order valence-electron chi connectivity index (χ4n) is 3.74. The standard InChI is InChI=1S/C22H26N2O3/c25-22(23-19-9-10-20-21(14-19)27-13-5-12-26-20)18-8-4-11-24(16-18)15-17-6-2-1-3-7-17/h1-3,6-7,9-10,14,18H,4-5,8,11-13,15-16H2,(H,23,25). The van der Waals surface area contributed by atoms with Crippen LogP contribution in [0, 0.1) is 5.92 Å². The number of hydrogen-bond donors (Lipinski definition) is 1. The van der Waals surface area contributed by atoms with Crippen LogP contribution < -0.4 is 14.8 Å². The Morgan fingerprint density at radius 2 is 1.85 bits per heavy atom. The molecular formula is C22H26N2O3. The van der Waals surface area contributed by atoms with Gasteiger partial charge in [0.05, 0.1) is 19.1 Å². The molecular weight excluding hydrogens is 340 g/mol. The lowest BCUT2D eigenvalue weighted by molar-refractivity contribution is -0.121. The van der Waals surface area contributed by atoms with Crippen molar-refractivity contribution in [1.29, 1.82) is 0 Å². The molecule has 2 aliphatic heterocycles. The smallest absolute Gasteiger partial charge is 0.228 e. The van der Waals surface area contributed by atoms with Crippen molar-refractivity contribution < 1.29 is 14.3 Å². The summed E-state index contributed by atoms with van der Waals surface area (Å²) in [6.45, 7) is 4.04. The third kappa shape index (κ3) is 4.61. The molecule has 27 heavy (non-hydrogen) atoms. The normalized spacial score (nSPS) is 19.9. The van der Waals surface area contributed by atoms with Gasteiger partial charge in [0.2, 0.25) is 5.91 Å². The topological polar surface area (TPSA) is 50.8 Å². The van der Waals surface area contributed by atoms with Gasteiger partial charge in [0, 0.05) is 31.3 Å². The summed E-state index contributed by atoms with van der Waals surface area (Å²) in [5, 5.41) is 3.07. The van der Waals surface area contributed by atoms with Gasteiger partial charge in [-0.05, 0) is 37.1 Å². The molecule has 5 heteroatoms. The molecule has 0 bridgehead atoms. The van der Waals surface area contributed by atoms with E-state index in [1.165, 1.54) is 5.56 Å². The zero-order valence-electron chi connectivity index (χ0n) is 15.5. The average molecular weight is 366 g/mol.